The first-order valence-corrected chi connectivity index (χ1v) is 7.38. The molecule has 6 heteroatoms. The summed E-state index contributed by atoms with van der Waals surface area (Å²) < 4.78 is 5.39. The number of amides is 2. The predicted octanol–water partition coefficient (Wildman–Crippen LogP) is 1.43. The monoisotopic (exact) mass is 296 g/mol. The van der Waals surface area contributed by atoms with E-state index in [1.807, 2.05) is 20.8 Å². The number of ether oxygens (including phenoxy) is 1. The molecule has 1 atom stereocenters. The fourth-order valence-electron chi connectivity index (χ4n) is 3.06. The van der Waals surface area contributed by atoms with Crippen LogP contribution >= 0.6 is 0 Å². The summed E-state index contributed by atoms with van der Waals surface area (Å²) in [6, 6.07) is 0. The standard InChI is InChI=1S/C15H24N2O4/c1-14(2,3)21-13(20)17-7-5-6-15(10-17)9-16(4)12(19)8-11(15)18/h5-10H2,1-4H3. The van der Waals surface area contributed by atoms with Crippen molar-refractivity contribution in [2.75, 3.05) is 26.7 Å². The van der Waals surface area contributed by atoms with Gasteiger partial charge in [-0.05, 0) is 33.6 Å². The Kier molecular flexibility index (Phi) is 4.00. The van der Waals surface area contributed by atoms with Crippen LogP contribution in [0.4, 0.5) is 4.79 Å². The second-order valence-corrected chi connectivity index (χ2v) is 7.14. The maximum Gasteiger partial charge on any atom is 0.410 e. The molecule has 21 heavy (non-hydrogen) atoms. The Morgan fingerprint density at radius 1 is 1.24 bits per heavy atom. The van der Waals surface area contributed by atoms with Crippen molar-refractivity contribution in [3.63, 3.8) is 0 Å². The van der Waals surface area contributed by atoms with Gasteiger partial charge in [0.15, 0.2) is 5.78 Å². The number of rotatable bonds is 0. The summed E-state index contributed by atoms with van der Waals surface area (Å²) in [7, 11) is 1.71. The van der Waals surface area contributed by atoms with Crippen molar-refractivity contribution in [1.82, 2.24) is 9.80 Å². The summed E-state index contributed by atoms with van der Waals surface area (Å²) in [6.07, 6.45) is 1.04. The molecule has 0 aromatic carbocycles. The zero-order chi connectivity index (χ0) is 15.8. The van der Waals surface area contributed by atoms with Crippen LogP contribution in [0.15, 0.2) is 0 Å². The second kappa shape index (κ2) is 5.31. The fraction of sp³-hybridized carbons (Fsp3) is 0.800. The van der Waals surface area contributed by atoms with Gasteiger partial charge in [-0.25, -0.2) is 4.79 Å². The maximum atomic E-state index is 12.4. The summed E-state index contributed by atoms with van der Waals surface area (Å²) in [5.41, 5.74) is -1.16. The van der Waals surface area contributed by atoms with Crippen LogP contribution in [0.2, 0.25) is 0 Å². The highest BCUT2D eigenvalue weighted by atomic mass is 16.6. The van der Waals surface area contributed by atoms with E-state index in [-0.39, 0.29) is 24.2 Å². The van der Waals surface area contributed by atoms with Crippen LogP contribution in [0.3, 0.4) is 0 Å². The highest BCUT2D eigenvalue weighted by Gasteiger charge is 2.48. The van der Waals surface area contributed by atoms with Crippen LogP contribution in [0.5, 0.6) is 0 Å². The summed E-state index contributed by atoms with van der Waals surface area (Å²) in [5, 5.41) is 0. The Labute approximate surface area is 125 Å². The molecule has 0 aromatic rings. The lowest BCUT2D eigenvalue weighted by molar-refractivity contribution is -0.149. The molecule has 2 aliphatic rings. The topological polar surface area (TPSA) is 66.9 Å². The third-order valence-corrected chi connectivity index (χ3v) is 4.10. The lowest BCUT2D eigenvalue weighted by Gasteiger charge is -2.46. The van der Waals surface area contributed by atoms with E-state index in [2.05, 4.69) is 0 Å². The van der Waals surface area contributed by atoms with Gasteiger partial charge in [0.1, 0.15) is 5.60 Å². The van der Waals surface area contributed by atoms with Crippen molar-refractivity contribution in [3.8, 4) is 0 Å². The van der Waals surface area contributed by atoms with Gasteiger partial charge in [-0.1, -0.05) is 0 Å². The zero-order valence-corrected chi connectivity index (χ0v) is 13.3. The Balaban J connectivity index is 2.11. The SMILES string of the molecule is CN1CC2(CCCN(C(=O)OC(C)(C)C)C2)C(=O)CC1=O. The van der Waals surface area contributed by atoms with Gasteiger partial charge in [0.25, 0.3) is 0 Å². The van der Waals surface area contributed by atoms with Crippen molar-refractivity contribution in [2.45, 2.75) is 45.6 Å². The number of hydrogen-bond donors (Lipinski definition) is 0. The van der Waals surface area contributed by atoms with Crippen LogP contribution < -0.4 is 0 Å². The largest absolute Gasteiger partial charge is 0.444 e. The molecule has 0 aliphatic carbocycles. The molecule has 1 unspecified atom stereocenters. The number of piperidine rings is 2. The Morgan fingerprint density at radius 2 is 1.90 bits per heavy atom. The summed E-state index contributed by atoms with van der Waals surface area (Å²) in [6.45, 7) is 6.80. The molecule has 2 rings (SSSR count). The Hall–Kier alpha value is -1.59. The molecular weight excluding hydrogens is 272 g/mol. The molecule has 2 fully saturated rings. The molecule has 2 amide bonds. The lowest BCUT2D eigenvalue weighted by atomic mass is 9.72. The molecule has 6 nitrogen and oxygen atoms in total. The highest BCUT2D eigenvalue weighted by molar-refractivity contribution is 6.03. The van der Waals surface area contributed by atoms with Crippen molar-refractivity contribution in [1.29, 1.82) is 0 Å². The van der Waals surface area contributed by atoms with Gasteiger partial charge in [-0.2, -0.15) is 0 Å². The number of ketones is 1. The summed E-state index contributed by atoms with van der Waals surface area (Å²) >= 11 is 0. The minimum absolute atomic E-state index is 0.0427. The predicted molar refractivity (Wildman–Crippen MR) is 76.7 cm³/mol. The van der Waals surface area contributed by atoms with Crippen LogP contribution in [-0.4, -0.2) is 59.9 Å². The lowest BCUT2D eigenvalue weighted by Crippen LogP contribution is -2.59. The van der Waals surface area contributed by atoms with Gasteiger partial charge in [0.2, 0.25) is 5.91 Å². The first-order chi connectivity index (χ1) is 9.63. The number of likely N-dealkylation sites (tertiary alicyclic amines) is 2. The van der Waals surface area contributed by atoms with Crippen molar-refractivity contribution in [3.05, 3.63) is 0 Å². The van der Waals surface area contributed by atoms with Gasteiger partial charge in [0, 0.05) is 26.7 Å². The van der Waals surface area contributed by atoms with E-state index in [0.717, 1.165) is 12.8 Å². The molecule has 2 saturated heterocycles. The average molecular weight is 296 g/mol. The quantitative estimate of drug-likeness (QED) is 0.634. The van der Waals surface area contributed by atoms with Crippen LogP contribution in [0.25, 0.3) is 0 Å². The third-order valence-electron chi connectivity index (χ3n) is 4.10. The summed E-state index contributed by atoms with van der Waals surface area (Å²) in [4.78, 5) is 39.4. The Bertz CT molecular complexity index is 469. The smallest absolute Gasteiger partial charge is 0.410 e. The van der Waals surface area contributed by atoms with E-state index in [9.17, 15) is 14.4 Å². The molecular formula is C15H24N2O4. The molecule has 2 aliphatic heterocycles. The zero-order valence-electron chi connectivity index (χ0n) is 13.3. The molecule has 0 aromatic heterocycles. The molecule has 0 saturated carbocycles. The van der Waals surface area contributed by atoms with E-state index in [1.54, 1.807) is 16.8 Å². The van der Waals surface area contributed by atoms with E-state index < -0.39 is 11.0 Å². The number of Topliss-reactive ketones (excluding diaryl/α,β-unsaturated/α-hetero) is 1. The van der Waals surface area contributed by atoms with Crippen molar-refractivity contribution in [2.24, 2.45) is 5.41 Å². The second-order valence-electron chi connectivity index (χ2n) is 7.14. The average Bonchev–Trinajstić information content (AvgIpc) is 2.35. The van der Waals surface area contributed by atoms with Gasteiger partial charge < -0.3 is 14.5 Å². The van der Waals surface area contributed by atoms with Gasteiger partial charge >= 0.3 is 6.09 Å². The Morgan fingerprint density at radius 3 is 2.52 bits per heavy atom. The molecule has 1 spiro atoms. The molecule has 118 valence electrons. The van der Waals surface area contributed by atoms with Crippen molar-refractivity contribution >= 4 is 17.8 Å². The molecule has 0 radical (unpaired) electrons. The van der Waals surface area contributed by atoms with E-state index >= 15 is 0 Å². The van der Waals surface area contributed by atoms with Crippen LogP contribution in [0, 0.1) is 5.41 Å². The number of carbonyl (C=O) groups excluding carboxylic acids is 3. The molecule has 0 bridgehead atoms. The van der Waals surface area contributed by atoms with Crippen molar-refractivity contribution < 1.29 is 19.1 Å². The van der Waals surface area contributed by atoms with Crippen LogP contribution in [0.1, 0.15) is 40.0 Å². The van der Waals surface area contributed by atoms with E-state index in [0.29, 0.717) is 19.6 Å². The first-order valence-electron chi connectivity index (χ1n) is 7.38. The third kappa shape index (κ3) is 3.36. The number of nitrogens with zero attached hydrogens (tertiary/aromatic N) is 2. The van der Waals surface area contributed by atoms with E-state index in [4.69, 9.17) is 4.74 Å². The van der Waals surface area contributed by atoms with Gasteiger partial charge in [0.05, 0.1) is 11.8 Å². The molecule has 2 heterocycles. The normalized spacial score (nSPS) is 27.2. The summed E-state index contributed by atoms with van der Waals surface area (Å²) in [5.74, 6) is -0.182. The number of hydrogen-bond acceptors (Lipinski definition) is 4. The van der Waals surface area contributed by atoms with Gasteiger partial charge in [-0.15, -0.1) is 0 Å². The molecule has 0 N–H and O–H groups in total. The first kappa shape index (κ1) is 15.8. The van der Waals surface area contributed by atoms with Gasteiger partial charge in [-0.3, -0.25) is 9.59 Å². The minimum atomic E-state index is -0.613. The highest BCUT2D eigenvalue weighted by Crippen LogP contribution is 2.36. The van der Waals surface area contributed by atoms with Crippen LogP contribution in [-0.2, 0) is 14.3 Å². The number of carbonyl (C=O) groups is 3. The fourth-order valence-corrected chi connectivity index (χ4v) is 3.06. The maximum absolute atomic E-state index is 12.4. The minimum Gasteiger partial charge on any atom is -0.444 e. The van der Waals surface area contributed by atoms with E-state index in [1.165, 1.54) is 0 Å².